The number of imidazole rings is 2. The number of rotatable bonds is 2. The van der Waals surface area contributed by atoms with Gasteiger partial charge in [0.25, 0.3) is 0 Å². The minimum Gasteiger partial charge on any atom is -0.336 e. The van der Waals surface area contributed by atoms with Crippen molar-refractivity contribution in [3.8, 4) is 0 Å². The van der Waals surface area contributed by atoms with Crippen molar-refractivity contribution >= 4 is 23.2 Å². The van der Waals surface area contributed by atoms with Crippen LogP contribution in [-0.4, -0.2) is 19.5 Å². The van der Waals surface area contributed by atoms with Gasteiger partial charge in [0.05, 0.1) is 18.9 Å². The van der Waals surface area contributed by atoms with E-state index in [2.05, 4.69) is 21.5 Å². The smallest absolute Gasteiger partial charge is 0.146 e. The van der Waals surface area contributed by atoms with Crippen LogP contribution in [-0.2, 0) is 6.54 Å². The van der Waals surface area contributed by atoms with Crippen LogP contribution in [0.15, 0.2) is 37.7 Å². The molecular weight excluding hydrogens is 235 g/mol. The molecule has 4 nitrogen and oxygen atoms in total. The number of hydrogen-bond donors (Lipinski definition) is 1. The topological polar surface area (TPSA) is 46.5 Å². The molecule has 2 rings (SSSR count). The van der Waals surface area contributed by atoms with Gasteiger partial charge in [-0.1, -0.05) is 29.3 Å². The Balaban J connectivity index is 0.000000162. The number of halogens is 2. The van der Waals surface area contributed by atoms with Crippen molar-refractivity contribution in [3.63, 3.8) is 0 Å². The van der Waals surface area contributed by atoms with Crippen LogP contribution in [0, 0.1) is 0 Å². The second-order valence-corrected chi connectivity index (χ2v) is 3.38. The normalized spacial score (nSPS) is 9.20. The minimum atomic E-state index is 0.525. The molecule has 0 amide bonds. The summed E-state index contributed by atoms with van der Waals surface area (Å²) in [5.41, 5.74) is 0. The van der Waals surface area contributed by atoms with Gasteiger partial charge >= 0.3 is 0 Å². The maximum absolute atomic E-state index is 5.53. The molecule has 1 N–H and O–H groups in total. The molecule has 0 fully saturated rings. The molecule has 2 heterocycles. The van der Waals surface area contributed by atoms with E-state index in [1.165, 1.54) is 6.33 Å². The molecule has 0 atom stereocenters. The molecule has 0 saturated heterocycles. The molecule has 0 saturated carbocycles. The summed E-state index contributed by atoms with van der Waals surface area (Å²) in [6.07, 6.45) is 8.29. The van der Waals surface area contributed by atoms with E-state index in [1.54, 1.807) is 24.8 Å². The van der Waals surface area contributed by atoms with E-state index in [0.29, 0.717) is 10.3 Å². The molecule has 0 aliphatic rings. The van der Waals surface area contributed by atoms with Gasteiger partial charge in [-0.2, -0.15) is 0 Å². The Bertz CT molecular complexity index is 394. The summed E-state index contributed by atoms with van der Waals surface area (Å²) in [6.45, 7) is 4.34. The molecule has 0 unspecified atom stereocenters. The van der Waals surface area contributed by atoms with Crippen molar-refractivity contribution in [1.29, 1.82) is 0 Å². The predicted molar refractivity (Wildman–Crippen MR) is 61.0 cm³/mol. The predicted octanol–water partition coefficient (Wildman–Crippen LogP) is 2.79. The molecule has 0 radical (unpaired) electrons. The zero-order valence-electron chi connectivity index (χ0n) is 7.90. The van der Waals surface area contributed by atoms with Crippen LogP contribution in [0.2, 0.25) is 10.3 Å². The van der Waals surface area contributed by atoms with Crippen LogP contribution in [0.4, 0.5) is 0 Å². The van der Waals surface area contributed by atoms with Crippen LogP contribution in [0.5, 0.6) is 0 Å². The second-order valence-electron chi connectivity index (χ2n) is 2.58. The number of nitrogens with zero attached hydrogens (tertiary/aromatic N) is 3. The highest BCUT2D eigenvalue weighted by Gasteiger charge is 1.89. The average Bonchev–Trinajstić information content (AvgIpc) is 2.80. The number of H-pyrrole nitrogens is 1. The van der Waals surface area contributed by atoms with Crippen LogP contribution in [0.3, 0.4) is 0 Å². The SMILES string of the molecule is C=CCn1cnc(Cl)c1.Clc1cnc[nH]1. The Labute approximate surface area is 97.6 Å². The number of allylic oxidation sites excluding steroid dienone is 1. The fourth-order valence-corrected chi connectivity index (χ4v) is 1.09. The lowest BCUT2D eigenvalue weighted by Crippen LogP contribution is -1.87. The quantitative estimate of drug-likeness (QED) is 0.827. The van der Waals surface area contributed by atoms with Crippen molar-refractivity contribution in [2.45, 2.75) is 6.54 Å². The van der Waals surface area contributed by atoms with E-state index in [-0.39, 0.29) is 0 Å². The monoisotopic (exact) mass is 244 g/mol. The summed E-state index contributed by atoms with van der Waals surface area (Å²) in [4.78, 5) is 10.1. The van der Waals surface area contributed by atoms with E-state index < -0.39 is 0 Å². The maximum Gasteiger partial charge on any atom is 0.146 e. The molecular formula is C9H10Cl2N4. The van der Waals surface area contributed by atoms with E-state index in [4.69, 9.17) is 23.2 Å². The first-order valence-corrected chi connectivity index (χ1v) is 4.90. The van der Waals surface area contributed by atoms with Gasteiger partial charge in [-0.15, -0.1) is 6.58 Å². The van der Waals surface area contributed by atoms with Crippen LogP contribution in [0.1, 0.15) is 0 Å². The van der Waals surface area contributed by atoms with Gasteiger partial charge in [-0.25, -0.2) is 9.97 Å². The summed E-state index contributed by atoms with van der Waals surface area (Å²) in [5, 5.41) is 1.10. The van der Waals surface area contributed by atoms with Crippen molar-refractivity contribution in [3.05, 3.63) is 48.0 Å². The highest BCUT2D eigenvalue weighted by Crippen LogP contribution is 2.01. The lowest BCUT2D eigenvalue weighted by Gasteiger charge is -1.90. The Morgan fingerprint density at radius 1 is 1.53 bits per heavy atom. The van der Waals surface area contributed by atoms with Gasteiger partial charge in [0, 0.05) is 12.7 Å². The number of aromatic nitrogens is 4. The van der Waals surface area contributed by atoms with Crippen molar-refractivity contribution in [2.75, 3.05) is 0 Å². The van der Waals surface area contributed by atoms with Crippen LogP contribution < -0.4 is 0 Å². The molecule has 0 aliphatic carbocycles. The third-order valence-corrected chi connectivity index (χ3v) is 1.81. The standard InChI is InChI=1S/C6H7ClN2.C3H3ClN2/c1-2-3-9-4-6(7)8-5-9;4-3-1-5-2-6-3/h2,4-5H,1,3H2;1-2H,(H,5,6). The molecule has 2 aromatic rings. The molecule has 80 valence electrons. The van der Waals surface area contributed by atoms with Gasteiger partial charge in [0.2, 0.25) is 0 Å². The average molecular weight is 245 g/mol. The molecule has 6 heteroatoms. The number of aromatic amines is 1. The van der Waals surface area contributed by atoms with E-state index in [0.717, 1.165) is 6.54 Å². The van der Waals surface area contributed by atoms with E-state index >= 15 is 0 Å². The fourth-order valence-electron chi connectivity index (χ4n) is 0.821. The van der Waals surface area contributed by atoms with Crippen LogP contribution in [0.25, 0.3) is 0 Å². The zero-order valence-corrected chi connectivity index (χ0v) is 9.41. The maximum atomic E-state index is 5.53. The Morgan fingerprint density at radius 2 is 2.33 bits per heavy atom. The van der Waals surface area contributed by atoms with Crippen molar-refractivity contribution in [1.82, 2.24) is 19.5 Å². The minimum absolute atomic E-state index is 0.525. The van der Waals surface area contributed by atoms with Gasteiger partial charge in [-0.3, -0.25) is 0 Å². The third kappa shape index (κ3) is 4.67. The van der Waals surface area contributed by atoms with Gasteiger partial charge in [-0.05, 0) is 0 Å². The highest BCUT2D eigenvalue weighted by molar-refractivity contribution is 6.29. The van der Waals surface area contributed by atoms with Gasteiger partial charge in [0.15, 0.2) is 0 Å². The number of hydrogen-bond acceptors (Lipinski definition) is 2. The number of nitrogens with one attached hydrogen (secondary N) is 1. The van der Waals surface area contributed by atoms with E-state index in [1.807, 2.05) is 4.57 Å². The summed E-state index contributed by atoms with van der Waals surface area (Å²) in [6, 6.07) is 0. The lowest BCUT2D eigenvalue weighted by atomic mass is 10.6. The van der Waals surface area contributed by atoms with Crippen molar-refractivity contribution in [2.24, 2.45) is 0 Å². The van der Waals surface area contributed by atoms with Gasteiger partial charge in [0.1, 0.15) is 10.3 Å². The van der Waals surface area contributed by atoms with Gasteiger partial charge < -0.3 is 9.55 Å². The molecule has 0 aliphatic heterocycles. The summed E-state index contributed by atoms with van der Waals surface area (Å²) < 4.78 is 1.86. The fraction of sp³-hybridized carbons (Fsp3) is 0.111. The lowest BCUT2D eigenvalue weighted by molar-refractivity contribution is 0.822. The molecule has 15 heavy (non-hydrogen) atoms. The highest BCUT2D eigenvalue weighted by atomic mass is 35.5. The molecule has 2 aromatic heterocycles. The zero-order chi connectivity index (χ0) is 11.1. The Morgan fingerprint density at radius 3 is 2.67 bits per heavy atom. The largest absolute Gasteiger partial charge is 0.336 e. The summed E-state index contributed by atoms with van der Waals surface area (Å²) in [7, 11) is 0. The Hall–Kier alpha value is -1.26. The Kier molecular flexibility index (Phi) is 4.93. The third-order valence-electron chi connectivity index (χ3n) is 1.41. The van der Waals surface area contributed by atoms with Crippen LogP contribution >= 0.6 is 23.2 Å². The first kappa shape index (κ1) is 11.8. The van der Waals surface area contributed by atoms with Crippen molar-refractivity contribution < 1.29 is 0 Å². The summed E-state index contributed by atoms with van der Waals surface area (Å²) >= 11 is 10.9. The molecule has 0 aromatic carbocycles. The first-order chi connectivity index (χ1) is 7.22. The second kappa shape index (κ2) is 6.27. The first-order valence-electron chi connectivity index (χ1n) is 4.14. The van der Waals surface area contributed by atoms with E-state index in [9.17, 15) is 0 Å². The summed E-state index contributed by atoms with van der Waals surface area (Å²) in [5.74, 6) is 0. The molecule has 0 spiro atoms. The molecule has 0 bridgehead atoms.